The third-order valence-electron chi connectivity index (χ3n) is 2.67. The third-order valence-corrected chi connectivity index (χ3v) is 2.67. The van der Waals surface area contributed by atoms with Crippen molar-refractivity contribution >= 4 is 17.4 Å². The number of hydrogen-bond acceptors (Lipinski definition) is 3. The predicted molar refractivity (Wildman–Crippen MR) is 66.7 cm³/mol. The van der Waals surface area contributed by atoms with Gasteiger partial charge >= 0.3 is 0 Å². The average molecular weight is 248 g/mol. The molecule has 18 heavy (non-hydrogen) atoms. The largest absolute Gasteiger partial charge is 0.383 e. The van der Waals surface area contributed by atoms with E-state index in [0.717, 1.165) is 0 Å². The van der Waals surface area contributed by atoms with Gasteiger partial charge in [0.05, 0.1) is 6.20 Å². The molecule has 0 fully saturated rings. The maximum absolute atomic E-state index is 12.9. The summed E-state index contributed by atoms with van der Waals surface area (Å²) in [5.74, 6) is -0.422. The molecule has 0 aliphatic rings. The lowest BCUT2D eigenvalue weighted by molar-refractivity contribution is 0.102. The van der Waals surface area contributed by atoms with Gasteiger partial charge in [-0.25, -0.2) is 4.39 Å². The molecule has 1 amide bonds. The van der Waals surface area contributed by atoms with Gasteiger partial charge in [0.25, 0.3) is 5.91 Å². The van der Waals surface area contributed by atoms with E-state index in [1.807, 2.05) is 0 Å². The number of carbonyl (C=O) groups excluding carboxylic acids is 1. The number of nitrogens with zero attached hydrogens (tertiary/aromatic N) is 2. The quantitative estimate of drug-likeness (QED) is 0.849. The van der Waals surface area contributed by atoms with E-state index in [-0.39, 0.29) is 17.5 Å². The van der Waals surface area contributed by atoms with Crippen LogP contribution >= 0.6 is 0 Å². The molecule has 0 aliphatic heterocycles. The number of halogens is 1. The van der Waals surface area contributed by atoms with Crippen LogP contribution in [0, 0.1) is 12.7 Å². The van der Waals surface area contributed by atoms with Crippen LogP contribution in [0.1, 0.15) is 15.9 Å². The number of nitrogens with one attached hydrogen (secondary N) is 1. The minimum Gasteiger partial charge on any atom is -0.383 e. The van der Waals surface area contributed by atoms with E-state index in [1.54, 1.807) is 14.0 Å². The van der Waals surface area contributed by atoms with Gasteiger partial charge in [0.15, 0.2) is 0 Å². The molecule has 0 saturated carbocycles. The average Bonchev–Trinajstić information content (AvgIpc) is 2.64. The van der Waals surface area contributed by atoms with Gasteiger partial charge in [0.2, 0.25) is 0 Å². The van der Waals surface area contributed by atoms with Crippen molar-refractivity contribution in [3.8, 4) is 0 Å². The van der Waals surface area contributed by atoms with E-state index in [1.165, 1.54) is 29.1 Å². The monoisotopic (exact) mass is 248 g/mol. The smallest absolute Gasteiger partial charge is 0.261 e. The van der Waals surface area contributed by atoms with Crippen molar-refractivity contribution in [3.63, 3.8) is 0 Å². The normalized spacial score (nSPS) is 10.4. The van der Waals surface area contributed by atoms with E-state index in [2.05, 4.69) is 10.4 Å². The minimum atomic E-state index is -0.365. The molecule has 6 heteroatoms. The molecule has 2 aromatic rings. The van der Waals surface area contributed by atoms with Crippen LogP contribution in [0.2, 0.25) is 0 Å². The first-order valence-electron chi connectivity index (χ1n) is 5.34. The van der Waals surface area contributed by atoms with Crippen LogP contribution in [-0.2, 0) is 7.05 Å². The zero-order valence-corrected chi connectivity index (χ0v) is 10.1. The van der Waals surface area contributed by atoms with Gasteiger partial charge in [0, 0.05) is 12.7 Å². The molecule has 0 aliphatic carbocycles. The summed E-state index contributed by atoms with van der Waals surface area (Å²) < 4.78 is 14.3. The van der Waals surface area contributed by atoms with Crippen molar-refractivity contribution in [1.29, 1.82) is 0 Å². The number of anilines is 2. The maximum atomic E-state index is 12.9. The zero-order chi connectivity index (χ0) is 13.3. The zero-order valence-electron chi connectivity index (χ0n) is 10.1. The van der Waals surface area contributed by atoms with Gasteiger partial charge in [-0.2, -0.15) is 5.10 Å². The molecule has 94 valence electrons. The van der Waals surface area contributed by atoms with E-state index in [0.29, 0.717) is 16.8 Å². The Bertz CT molecular complexity index is 606. The molecule has 1 heterocycles. The van der Waals surface area contributed by atoms with Crippen LogP contribution in [-0.4, -0.2) is 15.7 Å². The molecule has 0 atom stereocenters. The number of carbonyl (C=O) groups is 1. The van der Waals surface area contributed by atoms with Gasteiger partial charge in [-0.3, -0.25) is 9.48 Å². The number of benzene rings is 1. The lowest BCUT2D eigenvalue weighted by Crippen LogP contribution is -2.14. The summed E-state index contributed by atoms with van der Waals surface area (Å²) in [4.78, 5) is 11.9. The van der Waals surface area contributed by atoms with Crippen molar-refractivity contribution in [2.75, 3.05) is 11.1 Å². The fourth-order valence-electron chi connectivity index (χ4n) is 1.58. The standard InChI is InChI=1S/C12H13FN4O/c1-7-5-8(13)3-4-10(7)16-12(18)9-6-15-17(2)11(9)14/h3-6H,14H2,1-2H3,(H,16,18). The van der Waals surface area contributed by atoms with Crippen molar-refractivity contribution in [2.24, 2.45) is 7.05 Å². The lowest BCUT2D eigenvalue weighted by Gasteiger charge is -2.07. The SMILES string of the molecule is Cc1cc(F)ccc1NC(=O)c1cnn(C)c1N. The Kier molecular flexibility index (Phi) is 3.01. The van der Waals surface area contributed by atoms with Gasteiger partial charge in [-0.15, -0.1) is 0 Å². The van der Waals surface area contributed by atoms with Crippen molar-refractivity contribution in [1.82, 2.24) is 9.78 Å². The van der Waals surface area contributed by atoms with Gasteiger partial charge < -0.3 is 11.1 Å². The first kappa shape index (κ1) is 12.1. The fourth-order valence-corrected chi connectivity index (χ4v) is 1.58. The Morgan fingerprint density at radius 3 is 2.78 bits per heavy atom. The second kappa shape index (κ2) is 4.48. The van der Waals surface area contributed by atoms with Crippen molar-refractivity contribution in [3.05, 3.63) is 41.3 Å². The summed E-state index contributed by atoms with van der Waals surface area (Å²) in [6.07, 6.45) is 1.39. The number of nitrogens with two attached hydrogens (primary N) is 1. The molecule has 0 spiro atoms. The van der Waals surface area contributed by atoms with Gasteiger partial charge in [-0.05, 0) is 30.7 Å². The van der Waals surface area contributed by atoms with E-state index < -0.39 is 0 Å². The molecule has 0 unspecified atom stereocenters. The topological polar surface area (TPSA) is 72.9 Å². The summed E-state index contributed by atoms with van der Waals surface area (Å²) in [6, 6.07) is 4.15. The van der Waals surface area contributed by atoms with Crippen molar-refractivity contribution in [2.45, 2.75) is 6.92 Å². The minimum absolute atomic E-state index is 0.285. The predicted octanol–water partition coefficient (Wildman–Crippen LogP) is 1.70. The molecule has 5 nitrogen and oxygen atoms in total. The highest BCUT2D eigenvalue weighted by Gasteiger charge is 2.14. The van der Waals surface area contributed by atoms with Crippen LogP contribution in [0.5, 0.6) is 0 Å². The Labute approximate surface area is 103 Å². The number of aryl methyl sites for hydroxylation is 2. The molecular formula is C12H13FN4O. The molecule has 3 N–H and O–H groups in total. The molecule has 1 aromatic heterocycles. The number of nitrogen functional groups attached to an aromatic ring is 1. The summed E-state index contributed by atoms with van der Waals surface area (Å²) in [5, 5.41) is 6.56. The number of hydrogen-bond donors (Lipinski definition) is 2. The number of aromatic nitrogens is 2. The van der Waals surface area contributed by atoms with E-state index >= 15 is 0 Å². The Balaban J connectivity index is 2.24. The van der Waals surface area contributed by atoms with E-state index in [9.17, 15) is 9.18 Å². The highest BCUT2D eigenvalue weighted by atomic mass is 19.1. The highest BCUT2D eigenvalue weighted by molar-refractivity contribution is 6.07. The summed E-state index contributed by atoms with van der Waals surface area (Å²) in [5.41, 5.74) is 7.18. The molecule has 0 saturated heterocycles. The second-order valence-electron chi connectivity index (χ2n) is 3.98. The van der Waals surface area contributed by atoms with Crippen LogP contribution in [0.15, 0.2) is 24.4 Å². The second-order valence-corrected chi connectivity index (χ2v) is 3.98. The molecule has 0 radical (unpaired) electrons. The summed E-state index contributed by atoms with van der Waals surface area (Å²) in [6.45, 7) is 1.71. The van der Waals surface area contributed by atoms with Crippen LogP contribution in [0.3, 0.4) is 0 Å². The van der Waals surface area contributed by atoms with E-state index in [4.69, 9.17) is 5.73 Å². The summed E-state index contributed by atoms with van der Waals surface area (Å²) >= 11 is 0. The fraction of sp³-hybridized carbons (Fsp3) is 0.167. The van der Waals surface area contributed by atoms with Crippen LogP contribution in [0.4, 0.5) is 15.9 Å². The maximum Gasteiger partial charge on any atom is 0.261 e. The van der Waals surface area contributed by atoms with Crippen LogP contribution < -0.4 is 11.1 Å². The molecule has 0 bridgehead atoms. The van der Waals surface area contributed by atoms with Gasteiger partial charge in [0.1, 0.15) is 17.2 Å². The molecule has 1 aromatic carbocycles. The molecular weight excluding hydrogens is 235 g/mol. The highest BCUT2D eigenvalue weighted by Crippen LogP contribution is 2.18. The Morgan fingerprint density at radius 2 is 2.22 bits per heavy atom. The Morgan fingerprint density at radius 1 is 1.50 bits per heavy atom. The summed E-state index contributed by atoms with van der Waals surface area (Å²) in [7, 11) is 1.65. The Hall–Kier alpha value is -2.37. The van der Waals surface area contributed by atoms with Crippen molar-refractivity contribution < 1.29 is 9.18 Å². The number of amides is 1. The lowest BCUT2D eigenvalue weighted by atomic mass is 10.2. The first-order valence-corrected chi connectivity index (χ1v) is 5.34. The van der Waals surface area contributed by atoms with Gasteiger partial charge in [-0.1, -0.05) is 0 Å². The molecule has 2 rings (SSSR count). The van der Waals surface area contributed by atoms with Crippen LogP contribution in [0.25, 0.3) is 0 Å². The third kappa shape index (κ3) is 2.17. The first-order chi connectivity index (χ1) is 8.49. The number of rotatable bonds is 2.